The van der Waals surface area contributed by atoms with E-state index in [1.165, 1.54) is 18.4 Å². The molecule has 186 valence electrons. The molecule has 2 fully saturated rings. The monoisotopic (exact) mass is 477 g/mol. The first-order valence-corrected chi connectivity index (χ1v) is 12.7. The van der Waals surface area contributed by atoms with Crippen LogP contribution in [0.5, 0.6) is 11.5 Å². The highest BCUT2D eigenvalue weighted by atomic mass is 16.7. The van der Waals surface area contributed by atoms with Crippen molar-refractivity contribution in [3.63, 3.8) is 0 Å². The van der Waals surface area contributed by atoms with Crippen molar-refractivity contribution in [3.8, 4) is 11.5 Å². The predicted molar refractivity (Wildman–Crippen MR) is 135 cm³/mol. The maximum Gasteiger partial charge on any atom is 0.269 e. The summed E-state index contributed by atoms with van der Waals surface area (Å²) < 4.78 is 11.8. The highest BCUT2D eigenvalue weighted by Crippen LogP contribution is 2.35. The predicted octanol–water partition coefficient (Wildman–Crippen LogP) is 4.24. The Morgan fingerprint density at radius 1 is 1.06 bits per heavy atom. The number of rotatable bonds is 7. The van der Waals surface area contributed by atoms with Crippen LogP contribution in [0, 0.1) is 0 Å². The molecule has 1 saturated carbocycles. The van der Waals surface area contributed by atoms with Crippen LogP contribution in [0.25, 0.3) is 0 Å². The first kappa shape index (κ1) is 23.7. The number of piperazine rings is 1. The Kier molecular flexibility index (Phi) is 6.95. The molecule has 1 atom stereocenters. The number of hydrogen-bond donors (Lipinski definition) is 0. The summed E-state index contributed by atoms with van der Waals surface area (Å²) in [6.45, 7) is 5.85. The molecule has 0 aromatic heterocycles. The van der Waals surface area contributed by atoms with Gasteiger partial charge in [-0.1, -0.05) is 35.5 Å². The normalized spacial score (nSPS) is 23.1. The lowest BCUT2D eigenvalue weighted by Crippen LogP contribution is -2.54. The summed E-state index contributed by atoms with van der Waals surface area (Å²) in [6, 6.07) is 16.3. The van der Waals surface area contributed by atoms with Gasteiger partial charge in [-0.2, -0.15) is 0 Å². The number of methoxy groups -OCH3 is 1. The van der Waals surface area contributed by atoms with Crippen LogP contribution in [-0.4, -0.2) is 66.4 Å². The molecule has 35 heavy (non-hydrogen) atoms. The van der Waals surface area contributed by atoms with Crippen LogP contribution in [0.2, 0.25) is 0 Å². The zero-order valence-corrected chi connectivity index (χ0v) is 20.7. The van der Waals surface area contributed by atoms with Crippen molar-refractivity contribution < 1.29 is 19.1 Å². The Bertz CT molecular complexity index is 1060. The zero-order chi connectivity index (χ0) is 24.3. The molecule has 0 bridgehead atoms. The maximum atomic E-state index is 13.4. The minimum atomic E-state index is -0.983. The molecule has 1 amide bonds. The van der Waals surface area contributed by atoms with Gasteiger partial charge in [-0.15, -0.1) is 0 Å². The van der Waals surface area contributed by atoms with Crippen molar-refractivity contribution in [2.75, 3.05) is 33.3 Å². The first-order valence-electron chi connectivity index (χ1n) is 12.7. The van der Waals surface area contributed by atoms with E-state index >= 15 is 0 Å². The van der Waals surface area contributed by atoms with Gasteiger partial charge in [0.2, 0.25) is 5.60 Å². The summed E-state index contributed by atoms with van der Waals surface area (Å²) >= 11 is 0. The molecule has 2 aromatic rings. The molecule has 1 unspecified atom stereocenters. The van der Waals surface area contributed by atoms with Gasteiger partial charge in [0.15, 0.2) is 11.5 Å². The van der Waals surface area contributed by atoms with Gasteiger partial charge in [-0.25, -0.2) is 0 Å². The number of ether oxygens (including phenoxy) is 2. The van der Waals surface area contributed by atoms with Gasteiger partial charge >= 0.3 is 0 Å². The van der Waals surface area contributed by atoms with E-state index in [-0.39, 0.29) is 12.0 Å². The number of benzene rings is 2. The molecule has 2 aliphatic heterocycles. The second kappa shape index (κ2) is 10.3. The molecule has 7 heteroatoms. The van der Waals surface area contributed by atoms with Crippen molar-refractivity contribution >= 4 is 11.6 Å². The molecule has 0 spiro atoms. The lowest BCUT2D eigenvalue weighted by molar-refractivity contribution is -0.155. The average Bonchev–Trinajstić information content (AvgIpc) is 3.55. The lowest BCUT2D eigenvalue weighted by Gasteiger charge is -2.37. The first-order chi connectivity index (χ1) is 17.0. The fourth-order valence-corrected chi connectivity index (χ4v) is 5.23. The zero-order valence-electron chi connectivity index (χ0n) is 20.7. The highest BCUT2D eigenvalue weighted by molar-refractivity contribution is 6.05. The van der Waals surface area contributed by atoms with Crippen LogP contribution >= 0.6 is 0 Å². The molecule has 7 nitrogen and oxygen atoms in total. The molecule has 2 heterocycles. The van der Waals surface area contributed by atoms with Gasteiger partial charge in [0.25, 0.3) is 5.91 Å². The molecule has 1 saturated heterocycles. The minimum absolute atomic E-state index is 0.00607. The van der Waals surface area contributed by atoms with E-state index in [9.17, 15) is 4.79 Å². The fourth-order valence-electron chi connectivity index (χ4n) is 5.23. The molecular weight excluding hydrogens is 442 g/mol. The van der Waals surface area contributed by atoms with Crippen molar-refractivity contribution in [1.82, 2.24) is 9.80 Å². The lowest BCUT2D eigenvalue weighted by atomic mass is 9.94. The van der Waals surface area contributed by atoms with Gasteiger partial charge in [-0.3, -0.25) is 9.69 Å². The third-order valence-electron chi connectivity index (χ3n) is 7.32. The summed E-state index contributed by atoms with van der Waals surface area (Å²) in [4.78, 5) is 23.5. The fraction of sp³-hybridized carbons (Fsp3) is 0.500. The van der Waals surface area contributed by atoms with Crippen LogP contribution in [0.1, 0.15) is 50.2 Å². The number of carbonyl (C=O) groups is 1. The van der Waals surface area contributed by atoms with Gasteiger partial charge in [-0.05, 0) is 56.4 Å². The molecule has 1 aliphatic carbocycles. The van der Waals surface area contributed by atoms with Crippen molar-refractivity contribution in [2.24, 2.45) is 5.16 Å². The Balaban J connectivity index is 1.20. The summed E-state index contributed by atoms with van der Waals surface area (Å²) in [5.41, 5.74) is 1.99. The Labute approximate surface area is 207 Å². The van der Waals surface area contributed by atoms with Crippen LogP contribution in [0.4, 0.5) is 0 Å². The summed E-state index contributed by atoms with van der Waals surface area (Å²) in [6.07, 6.45) is 5.21. The van der Waals surface area contributed by atoms with Crippen LogP contribution in [-0.2, 0) is 16.2 Å². The summed E-state index contributed by atoms with van der Waals surface area (Å²) in [5, 5.41) is 4.34. The third kappa shape index (κ3) is 5.30. The van der Waals surface area contributed by atoms with E-state index in [0.717, 1.165) is 49.5 Å². The smallest absolute Gasteiger partial charge is 0.269 e. The van der Waals surface area contributed by atoms with Crippen LogP contribution in [0.15, 0.2) is 53.7 Å². The largest absolute Gasteiger partial charge is 0.493 e. The third-order valence-corrected chi connectivity index (χ3v) is 7.32. The van der Waals surface area contributed by atoms with Crippen LogP contribution in [0.3, 0.4) is 0 Å². The van der Waals surface area contributed by atoms with Crippen molar-refractivity contribution in [1.29, 1.82) is 0 Å². The molecule has 5 rings (SSSR count). The Morgan fingerprint density at radius 2 is 1.80 bits per heavy atom. The SMILES string of the molecule is COc1ccc(C2=NOC(C)(C(=O)N3CCN(Cc4ccccc4)CC3)C2)cc1OC1CCCC1. The maximum absolute atomic E-state index is 13.4. The van der Waals surface area contributed by atoms with E-state index in [0.29, 0.717) is 25.3 Å². The average molecular weight is 478 g/mol. The summed E-state index contributed by atoms with van der Waals surface area (Å²) in [7, 11) is 1.65. The minimum Gasteiger partial charge on any atom is -0.493 e. The van der Waals surface area contributed by atoms with Crippen molar-refractivity contribution in [2.45, 2.75) is 57.3 Å². The van der Waals surface area contributed by atoms with E-state index in [1.807, 2.05) is 36.1 Å². The topological polar surface area (TPSA) is 63.6 Å². The van der Waals surface area contributed by atoms with E-state index < -0.39 is 5.60 Å². The van der Waals surface area contributed by atoms with Gasteiger partial charge in [0.1, 0.15) is 0 Å². The molecule has 3 aliphatic rings. The summed E-state index contributed by atoms with van der Waals surface area (Å²) in [5.74, 6) is 1.45. The van der Waals surface area contributed by atoms with Crippen LogP contribution < -0.4 is 9.47 Å². The number of amides is 1. The molecule has 0 N–H and O–H groups in total. The van der Waals surface area contributed by atoms with E-state index in [4.69, 9.17) is 14.3 Å². The number of carbonyl (C=O) groups excluding carboxylic acids is 1. The van der Waals surface area contributed by atoms with E-state index in [1.54, 1.807) is 7.11 Å². The standard InChI is InChI=1S/C28H35N3O4/c1-28(27(32)31-16-14-30(15-17-31)20-21-8-4-3-5-9-21)19-24(29-35-28)22-12-13-25(33-2)26(18-22)34-23-10-6-7-11-23/h3-5,8-9,12-13,18,23H,6-7,10-11,14-17,19-20H2,1-2H3. The van der Waals surface area contributed by atoms with Crippen molar-refractivity contribution in [3.05, 3.63) is 59.7 Å². The van der Waals surface area contributed by atoms with Gasteiger partial charge in [0.05, 0.1) is 18.9 Å². The second-order valence-corrected chi connectivity index (χ2v) is 9.98. The molecular formula is C28H35N3O4. The van der Waals surface area contributed by atoms with E-state index in [2.05, 4.69) is 34.3 Å². The quantitative estimate of drug-likeness (QED) is 0.597. The number of nitrogens with zero attached hydrogens (tertiary/aromatic N) is 3. The van der Waals surface area contributed by atoms with Gasteiger partial charge < -0.3 is 19.2 Å². The highest BCUT2D eigenvalue weighted by Gasteiger charge is 2.45. The molecule has 0 radical (unpaired) electrons. The number of hydrogen-bond acceptors (Lipinski definition) is 6. The Morgan fingerprint density at radius 3 is 2.51 bits per heavy atom. The van der Waals surface area contributed by atoms with Gasteiger partial charge in [0, 0.05) is 44.7 Å². The second-order valence-electron chi connectivity index (χ2n) is 9.98. The molecule has 2 aromatic carbocycles. The Hall–Kier alpha value is -3.06. The number of oxime groups is 1.